The predicted octanol–water partition coefficient (Wildman–Crippen LogP) is 2.86. The summed E-state index contributed by atoms with van der Waals surface area (Å²) < 4.78 is 5.24. The van der Waals surface area contributed by atoms with Gasteiger partial charge in [-0.1, -0.05) is 32.6 Å². The maximum Gasteiger partial charge on any atom is 0.121 e. The van der Waals surface area contributed by atoms with E-state index in [2.05, 4.69) is 6.58 Å². The highest BCUT2D eigenvalue weighted by Gasteiger charge is 1.90. The first-order valence-corrected chi connectivity index (χ1v) is 4.42. The smallest absolute Gasteiger partial charge is 0.121 e. The Balaban J connectivity index is 0.000000671. The van der Waals surface area contributed by atoms with E-state index < -0.39 is 0 Å². The van der Waals surface area contributed by atoms with Crippen molar-refractivity contribution in [1.29, 1.82) is 0 Å². The van der Waals surface area contributed by atoms with Gasteiger partial charge in [0.1, 0.15) is 12.4 Å². The molecule has 2 nitrogen and oxygen atoms in total. The monoisotopic (exact) mass is 179 g/mol. The first kappa shape index (κ1) is 11.6. The third-order valence-electron chi connectivity index (χ3n) is 1.23. The van der Waals surface area contributed by atoms with E-state index >= 15 is 0 Å². The van der Waals surface area contributed by atoms with Gasteiger partial charge in [-0.3, -0.25) is 0 Å². The molecular weight excluding hydrogens is 162 g/mol. The highest BCUT2D eigenvalue weighted by Crippen LogP contribution is 2.13. The number of benzene rings is 1. The number of ether oxygens (including phenoxy) is 1. The number of hydrogen-bond acceptors (Lipinski definition) is 2. The summed E-state index contributed by atoms with van der Waals surface area (Å²) in [6.07, 6.45) is 1.70. The third kappa shape index (κ3) is 4.90. The van der Waals surface area contributed by atoms with Crippen LogP contribution in [0.5, 0.6) is 5.75 Å². The average Bonchev–Trinajstić information content (AvgIpc) is 2.18. The number of anilines is 1. The molecule has 0 saturated heterocycles. The lowest BCUT2D eigenvalue weighted by Crippen LogP contribution is -1.93. The largest absolute Gasteiger partial charge is 0.489 e. The summed E-state index contributed by atoms with van der Waals surface area (Å²) in [5.41, 5.74) is 6.24. The molecule has 0 aliphatic heterocycles. The summed E-state index contributed by atoms with van der Waals surface area (Å²) in [7, 11) is 0. The Morgan fingerprint density at radius 2 is 2.15 bits per heavy atom. The Kier molecular flexibility index (Phi) is 6.42. The molecule has 0 fully saturated rings. The molecule has 13 heavy (non-hydrogen) atoms. The summed E-state index contributed by atoms with van der Waals surface area (Å²) in [5, 5.41) is 0. The van der Waals surface area contributed by atoms with Crippen LogP contribution in [0.1, 0.15) is 13.8 Å². The molecule has 0 unspecified atom stereocenters. The minimum atomic E-state index is 0.517. The second kappa shape index (κ2) is 7.22. The third-order valence-corrected chi connectivity index (χ3v) is 1.23. The standard InChI is InChI=1S/C9H11NO.C2H6/c1-2-6-11-9-5-3-4-8(10)7-9;1-2/h2-5,7H,1,6,10H2;1-2H3. The van der Waals surface area contributed by atoms with E-state index in [1.165, 1.54) is 0 Å². The molecule has 2 heteroatoms. The van der Waals surface area contributed by atoms with Crippen LogP contribution < -0.4 is 10.5 Å². The SMILES string of the molecule is C=CCOc1cccc(N)c1.CC. The van der Waals surface area contributed by atoms with Crippen LogP contribution in [0.4, 0.5) is 5.69 Å². The van der Waals surface area contributed by atoms with Crippen LogP contribution in [0, 0.1) is 0 Å². The lowest BCUT2D eigenvalue weighted by molar-refractivity contribution is 0.363. The Bertz CT molecular complexity index is 246. The van der Waals surface area contributed by atoms with Crippen molar-refractivity contribution in [1.82, 2.24) is 0 Å². The molecule has 2 N–H and O–H groups in total. The first-order chi connectivity index (χ1) is 6.33. The van der Waals surface area contributed by atoms with Gasteiger partial charge in [0.2, 0.25) is 0 Å². The van der Waals surface area contributed by atoms with Crippen molar-refractivity contribution in [3.05, 3.63) is 36.9 Å². The molecule has 0 spiro atoms. The van der Waals surface area contributed by atoms with Gasteiger partial charge in [-0.15, -0.1) is 0 Å². The van der Waals surface area contributed by atoms with Crippen molar-refractivity contribution in [2.24, 2.45) is 0 Å². The molecule has 0 atom stereocenters. The van der Waals surface area contributed by atoms with Crippen molar-refractivity contribution in [2.45, 2.75) is 13.8 Å². The maximum atomic E-state index is 5.52. The molecule has 72 valence electrons. The molecule has 0 heterocycles. The van der Waals surface area contributed by atoms with Crippen LogP contribution in [-0.4, -0.2) is 6.61 Å². The van der Waals surface area contributed by atoms with Crippen molar-refractivity contribution in [3.63, 3.8) is 0 Å². The quantitative estimate of drug-likeness (QED) is 0.572. The Morgan fingerprint density at radius 3 is 2.69 bits per heavy atom. The summed E-state index contributed by atoms with van der Waals surface area (Å²) in [6.45, 7) is 8.06. The maximum absolute atomic E-state index is 5.52. The fourth-order valence-corrected chi connectivity index (χ4v) is 0.759. The molecule has 0 saturated carbocycles. The first-order valence-electron chi connectivity index (χ1n) is 4.42. The molecule has 0 aromatic heterocycles. The van der Waals surface area contributed by atoms with Crippen LogP contribution in [0.15, 0.2) is 36.9 Å². The second-order valence-electron chi connectivity index (χ2n) is 2.17. The van der Waals surface area contributed by atoms with Gasteiger partial charge in [0, 0.05) is 11.8 Å². The fourth-order valence-electron chi connectivity index (χ4n) is 0.759. The molecule has 0 radical (unpaired) electrons. The van der Waals surface area contributed by atoms with Gasteiger partial charge >= 0.3 is 0 Å². The van der Waals surface area contributed by atoms with E-state index in [4.69, 9.17) is 10.5 Å². The van der Waals surface area contributed by atoms with E-state index in [-0.39, 0.29) is 0 Å². The van der Waals surface area contributed by atoms with E-state index in [1.54, 1.807) is 12.1 Å². The van der Waals surface area contributed by atoms with E-state index in [0.29, 0.717) is 12.3 Å². The van der Waals surface area contributed by atoms with Crippen molar-refractivity contribution in [2.75, 3.05) is 12.3 Å². The minimum absolute atomic E-state index is 0.517. The van der Waals surface area contributed by atoms with Crippen LogP contribution in [-0.2, 0) is 0 Å². The minimum Gasteiger partial charge on any atom is -0.489 e. The summed E-state index contributed by atoms with van der Waals surface area (Å²) in [6, 6.07) is 7.32. The Labute approximate surface area is 80.0 Å². The number of nitrogens with two attached hydrogens (primary N) is 1. The Morgan fingerprint density at radius 1 is 1.46 bits per heavy atom. The highest BCUT2D eigenvalue weighted by atomic mass is 16.5. The topological polar surface area (TPSA) is 35.2 Å². The zero-order valence-electron chi connectivity index (χ0n) is 8.29. The molecule has 0 amide bonds. The molecule has 1 aromatic carbocycles. The molecule has 0 aliphatic carbocycles. The van der Waals surface area contributed by atoms with Crippen molar-refractivity contribution >= 4 is 5.69 Å². The summed E-state index contributed by atoms with van der Waals surface area (Å²) in [4.78, 5) is 0. The van der Waals surface area contributed by atoms with Crippen molar-refractivity contribution in [3.8, 4) is 5.75 Å². The van der Waals surface area contributed by atoms with Gasteiger partial charge in [0.05, 0.1) is 0 Å². The van der Waals surface area contributed by atoms with Crippen LogP contribution >= 0.6 is 0 Å². The number of hydrogen-bond donors (Lipinski definition) is 1. The zero-order valence-corrected chi connectivity index (χ0v) is 8.29. The van der Waals surface area contributed by atoms with Crippen LogP contribution in [0.25, 0.3) is 0 Å². The fraction of sp³-hybridized carbons (Fsp3) is 0.273. The molecular formula is C11H17NO. The van der Waals surface area contributed by atoms with Crippen LogP contribution in [0.2, 0.25) is 0 Å². The number of rotatable bonds is 3. The highest BCUT2D eigenvalue weighted by molar-refractivity contribution is 5.43. The van der Waals surface area contributed by atoms with Gasteiger partial charge in [0.25, 0.3) is 0 Å². The molecule has 0 aliphatic rings. The van der Waals surface area contributed by atoms with Gasteiger partial charge in [-0.25, -0.2) is 0 Å². The summed E-state index contributed by atoms with van der Waals surface area (Å²) in [5.74, 6) is 0.782. The molecule has 0 bridgehead atoms. The second-order valence-corrected chi connectivity index (χ2v) is 2.17. The van der Waals surface area contributed by atoms with Gasteiger partial charge in [-0.05, 0) is 12.1 Å². The lowest BCUT2D eigenvalue weighted by Gasteiger charge is -2.02. The van der Waals surface area contributed by atoms with Gasteiger partial charge < -0.3 is 10.5 Å². The van der Waals surface area contributed by atoms with Crippen LogP contribution in [0.3, 0.4) is 0 Å². The number of nitrogen functional groups attached to an aromatic ring is 1. The van der Waals surface area contributed by atoms with E-state index in [9.17, 15) is 0 Å². The Hall–Kier alpha value is -1.44. The predicted molar refractivity (Wildman–Crippen MR) is 57.9 cm³/mol. The average molecular weight is 179 g/mol. The van der Waals surface area contributed by atoms with Gasteiger partial charge in [0.15, 0.2) is 0 Å². The normalized spacial score (nSPS) is 8.15. The van der Waals surface area contributed by atoms with E-state index in [0.717, 1.165) is 5.75 Å². The summed E-state index contributed by atoms with van der Waals surface area (Å²) >= 11 is 0. The zero-order chi connectivity index (χ0) is 10.1. The van der Waals surface area contributed by atoms with Crippen molar-refractivity contribution < 1.29 is 4.74 Å². The molecule has 1 aromatic rings. The van der Waals surface area contributed by atoms with E-state index in [1.807, 2.05) is 32.0 Å². The lowest BCUT2D eigenvalue weighted by atomic mass is 10.3. The van der Waals surface area contributed by atoms with Gasteiger partial charge in [-0.2, -0.15) is 0 Å². The molecule has 1 rings (SSSR count).